The molecule has 1 saturated heterocycles. The summed E-state index contributed by atoms with van der Waals surface area (Å²) in [7, 11) is 0. The molecule has 1 aliphatic heterocycles. The molecule has 0 radical (unpaired) electrons. The third-order valence-corrected chi connectivity index (χ3v) is 5.39. The van der Waals surface area contributed by atoms with Crippen LogP contribution in [0.4, 0.5) is 5.13 Å². The number of carbonyl (C=O) groups excluding carboxylic acids is 1. The van der Waals surface area contributed by atoms with E-state index in [0.717, 1.165) is 31.7 Å². The fraction of sp³-hybridized carbons (Fsp3) is 0.368. The van der Waals surface area contributed by atoms with E-state index in [-0.39, 0.29) is 5.91 Å². The van der Waals surface area contributed by atoms with Crippen LogP contribution in [0.15, 0.2) is 49.3 Å². The van der Waals surface area contributed by atoms with Gasteiger partial charge in [0.05, 0.1) is 6.33 Å². The molecule has 1 atom stereocenters. The Morgan fingerprint density at radius 1 is 1.37 bits per heavy atom. The fourth-order valence-electron chi connectivity index (χ4n) is 3.60. The minimum Gasteiger partial charge on any atom is -0.337 e. The first-order valence-electron chi connectivity index (χ1n) is 9.11. The molecule has 0 bridgehead atoms. The summed E-state index contributed by atoms with van der Waals surface area (Å²) >= 11 is 1.17. The normalized spacial score (nSPS) is 17.7. The van der Waals surface area contributed by atoms with E-state index in [9.17, 15) is 4.79 Å². The molecular weight excluding hydrogens is 360 g/mol. The highest BCUT2D eigenvalue weighted by Crippen LogP contribution is 2.21. The highest BCUT2D eigenvalue weighted by molar-refractivity contribution is 7.09. The summed E-state index contributed by atoms with van der Waals surface area (Å²) in [6.45, 7) is 4.04. The number of rotatable bonds is 6. The average molecular weight is 382 g/mol. The summed E-state index contributed by atoms with van der Waals surface area (Å²) in [4.78, 5) is 23.0. The topological polar surface area (TPSA) is 75.9 Å². The van der Waals surface area contributed by atoms with Crippen molar-refractivity contribution in [3.05, 3.63) is 60.4 Å². The number of piperidine rings is 1. The second-order valence-electron chi connectivity index (χ2n) is 6.90. The van der Waals surface area contributed by atoms with E-state index in [1.54, 1.807) is 0 Å². The molecule has 1 aliphatic rings. The molecule has 0 spiro atoms. The molecular formula is C19H22N6OS. The number of nitrogens with zero attached hydrogens (tertiary/aromatic N) is 5. The number of hydrogen-bond acceptors (Lipinski definition) is 6. The summed E-state index contributed by atoms with van der Waals surface area (Å²) < 4.78 is 6.06. The van der Waals surface area contributed by atoms with Gasteiger partial charge in [-0.15, -0.1) is 0 Å². The number of aromatic nitrogens is 4. The number of amides is 1. The predicted octanol–water partition coefficient (Wildman–Crippen LogP) is 2.90. The smallest absolute Gasteiger partial charge is 0.257 e. The zero-order valence-electron chi connectivity index (χ0n) is 15.0. The van der Waals surface area contributed by atoms with Gasteiger partial charge in [-0.05, 0) is 43.0 Å². The Hall–Kier alpha value is -2.58. The maximum absolute atomic E-state index is 12.4. The summed E-state index contributed by atoms with van der Waals surface area (Å²) in [6, 6.07) is 7.83. The van der Waals surface area contributed by atoms with Crippen molar-refractivity contribution in [1.82, 2.24) is 23.8 Å². The van der Waals surface area contributed by atoms with Crippen molar-refractivity contribution in [3.8, 4) is 0 Å². The van der Waals surface area contributed by atoms with Gasteiger partial charge in [-0.1, -0.05) is 12.1 Å². The Bertz CT molecular complexity index is 864. The standard InChI is InChI=1S/C19H22N6OS/c26-18(23-19-21-13-22-27-19)17-5-1-3-15(9-17)10-24-7-2-4-16(11-24)12-25-8-6-20-14-25/h1,3,5-6,8-9,13-14,16H,2,4,7,10-12H2,(H,21,22,23,26)/t16-/m1/s1. The highest BCUT2D eigenvalue weighted by atomic mass is 32.1. The van der Waals surface area contributed by atoms with Gasteiger partial charge in [-0.2, -0.15) is 4.37 Å². The summed E-state index contributed by atoms with van der Waals surface area (Å²) in [5.74, 6) is 0.488. The largest absolute Gasteiger partial charge is 0.337 e. The third-order valence-electron chi connectivity index (χ3n) is 4.81. The molecule has 27 heavy (non-hydrogen) atoms. The van der Waals surface area contributed by atoms with Crippen molar-refractivity contribution >= 4 is 22.6 Å². The van der Waals surface area contributed by atoms with Crippen molar-refractivity contribution in [1.29, 1.82) is 0 Å². The van der Waals surface area contributed by atoms with Crippen LogP contribution in [-0.2, 0) is 13.1 Å². The number of nitrogens with one attached hydrogen (secondary N) is 1. The molecule has 1 N–H and O–H groups in total. The molecule has 4 rings (SSSR count). The minimum absolute atomic E-state index is 0.148. The third kappa shape index (κ3) is 4.78. The number of carbonyl (C=O) groups is 1. The maximum Gasteiger partial charge on any atom is 0.257 e. The van der Waals surface area contributed by atoms with Crippen molar-refractivity contribution in [2.24, 2.45) is 5.92 Å². The number of benzene rings is 1. The first kappa shape index (κ1) is 17.8. The van der Waals surface area contributed by atoms with Crippen molar-refractivity contribution < 1.29 is 4.79 Å². The molecule has 1 aromatic carbocycles. The molecule has 0 saturated carbocycles. The number of hydrogen-bond donors (Lipinski definition) is 1. The van der Waals surface area contributed by atoms with E-state index in [1.807, 2.05) is 36.9 Å². The van der Waals surface area contributed by atoms with Crippen LogP contribution < -0.4 is 5.32 Å². The average Bonchev–Trinajstić information content (AvgIpc) is 3.36. The van der Waals surface area contributed by atoms with Crippen LogP contribution >= 0.6 is 11.5 Å². The van der Waals surface area contributed by atoms with Crippen LogP contribution in [0.3, 0.4) is 0 Å². The molecule has 2 aromatic heterocycles. The Morgan fingerprint density at radius 2 is 2.33 bits per heavy atom. The Kier molecular flexibility index (Phi) is 5.55. The number of imidazole rings is 1. The van der Waals surface area contributed by atoms with Crippen LogP contribution in [0.5, 0.6) is 0 Å². The van der Waals surface area contributed by atoms with E-state index in [1.165, 1.54) is 30.7 Å². The lowest BCUT2D eigenvalue weighted by Gasteiger charge is -2.33. The van der Waals surface area contributed by atoms with Crippen LogP contribution in [0.2, 0.25) is 0 Å². The molecule has 3 heterocycles. The van der Waals surface area contributed by atoms with Crippen LogP contribution in [-0.4, -0.2) is 42.8 Å². The second kappa shape index (κ2) is 8.41. The van der Waals surface area contributed by atoms with Gasteiger partial charge in [0.1, 0.15) is 6.33 Å². The van der Waals surface area contributed by atoms with Gasteiger partial charge >= 0.3 is 0 Å². The Labute approximate surface area is 162 Å². The van der Waals surface area contributed by atoms with Crippen LogP contribution in [0, 0.1) is 5.92 Å². The van der Waals surface area contributed by atoms with Gasteiger partial charge in [0.2, 0.25) is 5.13 Å². The summed E-state index contributed by atoms with van der Waals surface area (Å²) in [5, 5.41) is 3.30. The van der Waals surface area contributed by atoms with Gasteiger partial charge in [0.15, 0.2) is 0 Å². The quantitative estimate of drug-likeness (QED) is 0.709. The lowest BCUT2D eigenvalue weighted by atomic mass is 9.97. The van der Waals surface area contributed by atoms with E-state index >= 15 is 0 Å². The molecule has 1 fully saturated rings. The lowest BCUT2D eigenvalue weighted by Crippen LogP contribution is -2.36. The molecule has 8 heteroatoms. The molecule has 3 aromatic rings. The molecule has 1 amide bonds. The van der Waals surface area contributed by atoms with E-state index in [4.69, 9.17) is 0 Å². The highest BCUT2D eigenvalue weighted by Gasteiger charge is 2.20. The van der Waals surface area contributed by atoms with E-state index in [2.05, 4.69) is 35.2 Å². The number of anilines is 1. The van der Waals surface area contributed by atoms with Gasteiger partial charge in [-0.25, -0.2) is 9.97 Å². The lowest BCUT2D eigenvalue weighted by molar-refractivity contribution is 0.102. The fourth-order valence-corrected chi connectivity index (χ4v) is 4.03. The molecule has 0 unspecified atom stereocenters. The van der Waals surface area contributed by atoms with Gasteiger partial charge in [-0.3, -0.25) is 15.0 Å². The van der Waals surface area contributed by atoms with Crippen LogP contribution in [0.25, 0.3) is 0 Å². The first-order chi connectivity index (χ1) is 13.3. The maximum atomic E-state index is 12.4. The Balaban J connectivity index is 1.36. The van der Waals surface area contributed by atoms with Gasteiger partial charge in [0.25, 0.3) is 5.91 Å². The number of likely N-dealkylation sites (tertiary alicyclic amines) is 1. The first-order valence-corrected chi connectivity index (χ1v) is 9.88. The zero-order valence-corrected chi connectivity index (χ0v) is 15.8. The predicted molar refractivity (Wildman–Crippen MR) is 105 cm³/mol. The van der Waals surface area contributed by atoms with Crippen molar-refractivity contribution in [2.45, 2.75) is 25.9 Å². The second-order valence-corrected chi connectivity index (χ2v) is 7.68. The van der Waals surface area contributed by atoms with E-state index in [0.29, 0.717) is 16.6 Å². The van der Waals surface area contributed by atoms with Crippen LogP contribution in [0.1, 0.15) is 28.8 Å². The summed E-state index contributed by atoms with van der Waals surface area (Å²) in [6.07, 6.45) is 9.64. The van der Waals surface area contributed by atoms with Gasteiger partial charge in [0, 0.05) is 49.1 Å². The Morgan fingerprint density at radius 3 is 3.15 bits per heavy atom. The van der Waals surface area contributed by atoms with Crippen molar-refractivity contribution in [2.75, 3.05) is 18.4 Å². The van der Waals surface area contributed by atoms with E-state index < -0.39 is 0 Å². The monoisotopic (exact) mass is 382 g/mol. The SMILES string of the molecule is O=C(Nc1ncns1)c1cccc(CN2CCC[C@@H](Cn3ccnc3)C2)c1. The minimum atomic E-state index is -0.148. The molecule has 7 nitrogen and oxygen atoms in total. The van der Waals surface area contributed by atoms with Crippen molar-refractivity contribution in [3.63, 3.8) is 0 Å². The molecule has 0 aliphatic carbocycles. The van der Waals surface area contributed by atoms with Gasteiger partial charge < -0.3 is 4.57 Å². The zero-order chi connectivity index (χ0) is 18.5. The summed E-state index contributed by atoms with van der Waals surface area (Å²) in [5.41, 5.74) is 1.80. The molecule has 140 valence electrons.